The number of esters is 1. The lowest BCUT2D eigenvalue weighted by Crippen LogP contribution is -3.13. The van der Waals surface area contributed by atoms with Crippen LogP contribution < -0.4 is 4.90 Å². The van der Waals surface area contributed by atoms with Crippen LogP contribution in [0, 0.1) is 0 Å². The number of ether oxygens (including phenoxy) is 1. The molecule has 8 heteroatoms. The van der Waals surface area contributed by atoms with E-state index in [1.54, 1.807) is 28.6 Å². The second kappa shape index (κ2) is 8.46. The smallest absolute Gasteiger partial charge is 0.373 e. The third-order valence-corrected chi connectivity index (χ3v) is 7.00. The molecule has 28 heavy (non-hydrogen) atoms. The molecule has 0 saturated carbocycles. The van der Waals surface area contributed by atoms with Crippen LogP contribution in [-0.4, -0.2) is 52.0 Å². The Morgan fingerprint density at radius 2 is 1.79 bits per heavy atom. The van der Waals surface area contributed by atoms with Crippen LogP contribution in [0.1, 0.15) is 41.6 Å². The molecule has 2 aromatic rings. The lowest BCUT2D eigenvalue weighted by Gasteiger charge is -2.31. The van der Waals surface area contributed by atoms with Gasteiger partial charge < -0.3 is 14.1 Å². The van der Waals surface area contributed by atoms with Gasteiger partial charge in [-0.3, -0.25) is 0 Å². The molecular formula is C20H27N2O5S+. The van der Waals surface area contributed by atoms with E-state index in [0.717, 1.165) is 5.56 Å². The van der Waals surface area contributed by atoms with Gasteiger partial charge in [0.1, 0.15) is 6.54 Å². The summed E-state index contributed by atoms with van der Waals surface area (Å²) in [7, 11) is -2.16. The fourth-order valence-electron chi connectivity index (χ4n) is 3.32. The highest BCUT2D eigenvalue weighted by Crippen LogP contribution is 2.20. The summed E-state index contributed by atoms with van der Waals surface area (Å²) in [4.78, 5) is 13.0. The van der Waals surface area contributed by atoms with E-state index in [-0.39, 0.29) is 5.76 Å². The monoisotopic (exact) mass is 407 g/mol. The van der Waals surface area contributed by atoms with Crippen molar-refractivity contribution in [1.29, 1.82) is 0 Å². The molecule has 0 radical (unpaired) electrons. The van der Waals surface area contributed by atoms with Crippen molar-refractivity contribution in [2.45, 2.75) is 31.2 Å². The summed E-state index contributed by atoms with van der Waals surface area (Å²) in [6.07, 6.45) is 0. The molecule has 152 valence electrons. The first-order valence-corrected chi connectivity index (χ1v) is 10.9. The molecule has 0 unspecified atom stereocenters. The Kier molecular flexibility index (Phi) is 6.22. The number of carbonyl (C=O) groups excluding carboxylic acids is 1. The first-order valence-electron chi connectivity index (χ1n) is 9.42. The number of nitrogens with one attached hydrogen (secondary N) is 1. The number of methoxy groups -OCH3 is 1. The minimum absolute atomic E-state index is 0.183. The molecule has 0 atom stereocenters. The Morgan fingerprint density at radius 1 is 1.14 bits per heavy atom. The predicted molar refractivity (Wildman–Crippen MR) is 104 cm³/mol. The van der Waals surface area contributed by atoms with E-state index in [0.29, 0.717) is 49.3 Å². The van der Waals surface area contributed by atoms with Crippen molar-refractivity contribution in [2.24, 2.45) is 0 Å². The maximum absolute atomic E-state index is 12.9. The van der Waals surface area contributed by atoms with Crippen molar-refractivity contribution < 1.29 is 27.3 Å². The summed E-state index contributed by atoms with van der Waals surface area (Å²) in [6.45, 7) is 7.03. The van der Waals surface area contributed by atoms with Gasteiger partial charge in [-0.25, -0.2) is 13.2 Å². The number of carbonyl (C=O) groups is 1. The van der Waals surface area contributed by atoms with Gasteiger partial charge in [0.25, 0.3) is 0 Å². The number of quaternary nitrogens is 1. The molecule has 3 rings (SSSR count). The van der Waals surface area contributed by atoms with Gasteiger partial charge in [0.2, 0.25) is 15.8 Å². The molecule has 0 amide bonds. The second-order valence-electron chi connectivity index (χ2n) is 7.31. The van der Waals surface area contributed by atoms with E-state index < -0.39 is 16.0 Å². The zero-order valence-electron chi connectivity index (χ0n) is 16.5. The van der Waals surface area contributed by atoms with Crippen LogP contribution in [-0.2, 0) is 21.3 Å². The van der Waals surface area contributed by atoms with Gasteiger partial charge in [0.05, 0.1) is 38.2 Å². The molecule has 1 aliphatic heterocycles. The first kappa shape index (κ1) is 20.6. The number of furan rings is 1. The number of rotatable bonds is 6. The van der Waals surface area contributed by atoms with Crippen LogP contribution in [0.2, 0.25) is 0 Å². The van der Waals surface area contributed by atoms with Crippen LogP contribution in [0.15, 0.2) is 45.7 Å². The number of hydrogen-bond donors (Lipinski definition) is 1. The third-order valence-electron chi connectivity index (χ3n) is 5.09. The molecule has 7 nitrogen and oxygen atoms in total. The third kappa shape index (κ3) is 4.45. The van der Waals surface area contributed by atoms with Crippen molar-refractivity contribution in [2.75, 3.05) is 33.3 Å². The number of nitrogens with zero attached hydrogens (tertiary/aromatic N) is 1. The SMILES string of the molecule is COC(=O)c1ccc(C[NH+]2CCN(S(=O)(=O)c3ccc(C(C)C)cc3)CC2)o1. The van der Waals surface area contributed by atoms with E-state index >= 15 is 0 Å². The number of sulfonamides is 1. The fraction of sp³-hybridized carbons (Fsp3) is 0.450. The largest absolute Gasteiger partial charge is 0.463 e. The quantitative estimate of drug-likeness (QED) is 0.730. The summed E-state index contributed by atoms with van der Waals surface area (Å²) in [5.74, 6) is 0.741. The predicted octanol–water partition coefficient (Wildman–Crippen LogP) is 1.28. The van der Waals surface area contributed by atoms with Gasteiger partial charge >= 0.3 is 5.97 Å². The maximum Gasteiger partial charge on any atom is 0.373 e. The highest BCUT2D eigenvalue weighted by molar-refractivity contribution is 7.89. The average Bonchev–Trinajstić information content (AvgIpc) is 3.16. The molecule has 2 heterocycles. The molecule has 1 aromatic carbocycles. The van der Waals surface area contributed by atoms with Crippen molar-refractivity contribution in [3.63, 3.8) is 0 Å². The summed E-state index contributed by atoms with van der Waals surface area (Å²) in [5, 5.41) is 0. The molecule has 1 aromatic heterocycles. The second-order valence-corrected chi connectivity index (χ2v) is 9.25. The number of piperazine rings is 1. The molecule has 1 fully saturated rings. The molecule has 1 aliphatic rings. The lowest BCUT2D eigenvalue weighted by atomic mass is 10.0. The van der Waals surface area contributed by atoms with Gasteiger partial charge in [-0.15, -0.1) is 0 Å². The highest BCUT2D eigenvalue weighted by Gasteiger charge is 2.31. The van der Waals surface area contributed by atoms with Gasteiger partial charge in [-0.1, -0.05) is 26.0 Å². The molecule has 1 N–H and O–H groups in total. The van der Waals surface area contributed by atoms with Crippen LogP contribution >= 0.6 is 0 Å². The average molecular weight is 408 g/mol. The highest BCUT2D eigenvalue weighted by atomic mass is 32.2. The summed E-state index contributed by atoms with van der Waals surface area (Å²) in [5.41, 5.74) is 1.12. The topological polar surface area (TPSA) is 81.3 Å². The standard InChI is InChI=1S/C20H26N2O5S/c1-15(2)16-4-7-18(8-5-16)28(24,25)22-12-10-21(11-13-22)14-17-6-9-19(27-17)20(23)26-3/h4-9,15H,10-14H2,1-3H3/p+1. The van der Waals surface area contributed by atoms with Crippen LogP contribution in [0.5, 0.6) is 0 Å². The van der Waals surface area contributed by atoms with Gasteiger partial charge in [-0.05, 0) is 35.7 Å². The molecule has 0 bridgehead atoms. The van der Waals surface area contributed by atoms with Crippen molar-refractivity contribution >= 4 is 16.0 Å². The van der Waals surface area contributed by atoms with Gasteiger partial charge in [-0.2, -0.15) is 4.31 Å². The molecular weight excluding hydrogens is 380 g/mol. The Balaban J connectivity index is 1.59. The van der Waals surface area contributed by atoms with E-state index in [1.165, 1.54) is 12.0 Å². The Labute approximate surface area is 165 Å². The fourth-order valence-corrected chi connectivity index (χ4v) is 4.76. The molecule has 0 aliphatic carbocycles. The van der Waals surface area contributed by atoms with E-state index in [1.807, 2.05) is 12.1 Å². The van der Waals surface area contributed by atoms with Crippen LogP contribution in [0.3, 0.4) is 0 Å². The molecule has 0 spiro atoms. The zero-order valence-corrected chi connectivity index (χ0v) is 17.3. The molecule has 1 saturated heterocycles. The first-order chi connectivity index (χ1) is 13.3. The van der Waals surface area contributed by atoms with Gasteiger partial charge in [0.15, 0.2) is 5.76 Å². The van der Waals surface area contributed by atoms with E-state index in [4.69, 9.17) is 4.42 Å². The summed E-state index contributed by atoms with van der Waals surface area (Å²) >= 11 is 0. The minimum Gasteiger partial charge on any atom is -0.463 e. The lowest BCUT2D eigenvalue weighted by molar-refractivity contribution is -0.918. The van der Waals surface area contributed by atoms with Crippen LogP contribution in [0.25, 0.3) is 0 Å². The maximum atomic E-state index is 12.9. The Bertz CT molecular complexity index is 910. The minimum atomic E-state index is -3.48. The number of benzene rings is 1. The Morgan fingerprint density at radius 3 is 2.36 bits per heavy atom. The van der Waals surface area contributed by atoms with E-state index in [9.17, 15) is 13.2 Å². The van der Waals surface area contributed by atoms with Crippen molar-refractivity contribution in [3.05, 3.63) is 53.5 Å². The van der Waals surface area contributed by atoms with Crippen molar-refractivity contribution in [3.8, 4) is 0 Å². The Hall–Kier alpha value is -2.16. The van der Waals surface area contributed by atoms with Gasteiger partial charge in [0, 0.05) is 0 Å². The number of hydrogen-bond acceptors (Lipinski definition) is 5. The van der Waals surface area contributed by atoms with E-state index in [2.05, 4.69) is 18.6 Å². The normalized spacial score (nSPS) is 16.4. The zero-order chi connectivity index (χ0) is 20.3. The summed E-state index contributed by atoms with van der Waals surface area (Å²) < 4.78 is 37.5. The van der Waals surface area contributed by atoms with Crippen LogP contribution in [0.4, 0.5) is 0 Å². The summed E-state index contributed by atoms with van der Waals surface area (Å²) in [6, 6.07) is 10.5. The van der Waals surface area contributed by atoms with Crippen molar-refractivity contribution in [1.82, 2.24) is 4.31 Å².